The second kappa shape index (κ2) is 20.5. The number of carbonyl (C=O) groups is 1. The number of aromatic nitrogens is 2. The number of nitrogens with zero attached hydrogens (tertiary/aromatic N) is 5. The highest BCUT2D eigenvalue weighted by Gasteiger charge is 2.39. The number of nitrogens with one attached hydrogen (secondary N) is 1. The van der Waals surface area contributed by atoms with Crippen molar-refractivity contribution in [3.63, 3.8) is 0 Å². The molecule has 1 aromatic heterocycles. The van der Waals surface area contributed by atoms with E-state index in [9.17, 15) is 9.59 Å². The SMILES string of the molecule is CCOc1ccccc1-n1c(CN2CCN(CCNCOCCOCN3C4CCCC3CC(OC(=O)Cc3cc(C)ccc3OC)C4)CC2)nc2ccccc2c1=O. The number of piperazine rings is 1. The molecule has 3 aliphatic heterocycles. The molecule has 3 aromatic carbocycles. The number of methoxy groups -OCH3 is 1. The van der Waals surface area contributed by atoms with Gasteiger partial charge >= 0.3 is 5.97 Å². The fourth-order valence-corrected chi connectivity index (χ4v) is 8.73. The van der Waals surface area contributed by atoms with Gasteiger partial charge < -0.3 is 23.7 Å². The van der Waals surface area contributed by atoms with E-state index in [0.29, 0.717) is 74.4 Å². The van der Waals surface area contributed by atoms with Gasteiger partial charge in [0.2, 0.25) is 0 Å². The Morgan fingerprint density at radius 3 is 2.43 bits per heavy atom. The average Bonchev–Trinajstić information content (AvgIpc) is 3.21. The zero-order valence-corrected chi connectivity index (χ0v) is 34.4. The summed E-state index contributed by atoms with van der Waals surface area (Å²) in [4.78, 5) is 39.0. The number of carbonyl (C=O) groups excluding carboxylic acids is 1. The Bertz CT molecular complexity index is 2000. The molecule has 3 fully saturated rings. The highest BCUT2D eigenvalue weighted by molar-refractivity contribution is 5.78. The zero-order chi connectivity index (χ0) is 40.3. The summed E-state index contributed by atoms with van der Waals surface area (Å²) >= 11 is 0. The highest BCUT2D eigenvalue weighted by atomic mass is 16.5. The summed E-state index contributed by atoms with van der Waals surface area (Å²) in [7, 11) is 1.63. The second-order valence-corrected chi connectivity index (χ2v) is 15.6. The molecule has 13 nitrogen and oxygen atoms in total. The molecule has 13 heteroatoms. The minimum Gasteiger partial charge on any atom is -0.496 e. The summed E-state index contributed by atoms with van der Waals surface area (Å²) in [5.74, 6) is 1.92. The summed E-state index contributed by atoms with van der Waals surface area (Å²) in [6, 6.07) is 21.9. The van der Waals surface area contributed by atoms with Gasteiger partial charge in [0.1, 0.15) is 23.4 Å². The maximum Gasteiger partial charge on any atom is 0.310 e. The number of para-hydroxylation sites is 3. The van der Waals surface area contributed by atoms with E-state index < -0.39 is 0 Å². The monoisotopic (exact) mass is 796 g/mol. The van der Waals surface area contributed by atoms with Gasteiger partial charge in [-0.15, -0.1) is 0 Å². The Morgan fingerprint density at radius 2 is 1.64 bits per heavy atom. The van der Waals surface area contributed by atoms with E-state index in [2.05, 4.69) is 20.0 Å². The molecule has 312 valence electrons. The van der Waals surface area contributed by atoms with Gasteiger partial charge in [-0.05, 0) is 57.0 Å². The Kier molecular flexibility index (Phi) is 14.8. The number of hydrogen-bond donors (Lipinski definition) is 1. The molecule has 2 unspecified atom stereocenters. The van der Waals surface area contributed by atoms with Crippen molar-refractivity contribution < 1.29 is 28.5 Å². The molecule has 2 bridgehead atoms. The van der Waals surface area contributed by atoms with Crippen LogP contribution in [-0.2, 0) is 32.0 Å². The smallest absolute Gasteiger partial charge is 0.310 e. The molecule has 58 heavy (non-hydrogen) atoms. The van der Waals surface area contributed by atoms with E-state index in [-0.39, 0.29) is 24.1 Å². The number of fused-ring (bicyclic) bond motifs is 3. The van der Waals surface area contributed by atoms with Crippen LogP contribution in [0.3, 0.4) is 0 Å². The Morgan fingerprint density at radius 1 is 0.897 bits per heavy atom. The quantitative estimate of drug-likeness (QED) is 0.0788. The van der Waals surface area contributed by atoms with Crippen LogP contribution in [0.1, 0.15) is 56.0 Å². The molecule has 0 amide bonds. The van der Waals surface area contributed by atoms with Gasteiger partial charge in [-0.3, -0.25) is 34.2 Å². The minimum atomic E-state index is -0.189. The molecule has 0 radical (unpaired) electrons. The first-order valence-electron chi connectivity index (χ1n) is 21.0. The lowest BCUT2D eigenvalue weighted by atomic mass is 9.83. The number of esters is 1. The third kappa shape index (κ3) is 10.6. The van der Waals surface area contributed by atoms with Gasteiger partial charge in [-0.2, -0.15) is 0 Å². The maximum absolute atomic E-state index is 13.8. The summed E-state index contributed by atoms with van der Waals surface area (Å²) < 4.78 is 31.0. The van der Waals surface area contributed by atoms with Crippen molar-refractivity contribution in [1.29, 1.82) is 0 Å². The maximum atomic E-state index is 13.8. The predicted molar refractivity (Wildman–Crippen MR) is 224 cm³/mol. The van der Waals surface area contributed by atoms with Crippen molar-refractivity contribution in [3.05, 3.63) is 94.0 Å². The second-order valence-electron chi connectivity index (χ2n) is 15.6. The van der Waals surface area contributed by atoms with Crippen molar-refractivity contribution in [3.8, 4) is 17.2 Å². The van der Waals surface area contributed by atoms with E-state index in [1.54, 1.807) is 11.7 Å². The molecule has 0 aliphatic carbocycles. The number of hydrogen-bond acceptors (Lipinski definition) is 12. The largest absolute Gasteiger partial charge is 0.496 e. The van der Waals surface area contributed by atoms with Gasteiger partial charge in [-0.1, -0.05) is 48.4 Å². The molecule has 2 atom stereocenters. The van der Waals surface area contributed by atoms with Crippen LogP contribution in [0, 0.1) is 6.92 Å². The fourth-order valence-electron chi connectivity index (χ4n) is 8.73. The minimum absolute atomic E-state index is 0.0592. The van der Waals surface area contributed by atoms with Crippen molar-refractivity contribution in [1.82, 2.24) is 29.6 Å². The normalized spacial score (nSPS) is 20.3. The molecule has 4 heterocycles. The van der Waals surface area contributed by atoms with Crippen molar-refractivity contribution >= 4 is 16.9 Å². The van der Waals surface area contributed by atoms with E-state index in [0.717, 1.165) is 87.5 Å². The molecule has 3 aliphatic rings. The standard InChI is InChI=1S/C45H60N6O7/c1-4-57-42-15-8-7-14-40(42)51-43(47-39-13-6-5-12-38(39)45(51)53)30-49-22-20-48(21-23-49)19-18-46-31-55-24-25-56-32-50-35-10-9-11-36(50)29-37(28-35)58-44(52)27-34-26-33(2)16-17-41(34)54-3/h5-8,12-17,26,35-37,46H,4,9-11,18-25,27-32H2,1-3H3. The van der Waals surface area contributed by atoms with E-state index >= 15 is 0 Å². The van der Waals surface area contributed by atoms with Crippen LogP contribution in [0.4, 0.5) is 0 Å². The molecular formula is C45H60N6O7. The summed E-state index contributed by atoms with van der Waals surface area (Å²) in [6.45, 7) is 12.6. The van der Waals surface area contributed by atoms with Crippen molar-refractivity contribution in [2.75, 3.05) is 79.7 Å². The van der Waals surface area contributed by atoms with Crippen LogP contribution in [-0.4, -0.2) is 128 Å². The number of ether oxygens (including phenoxy) is 5. The number of piperidine rings is 2. The first-order valence-corrected chi connectivity index (χ1v) is 21.0. The lowest BCUT2D eigenvalue weighted by Gasteiger charge is -2.48. The van der Waals surface area contributed by atoms with Gasteiger partial charge in [0.25, 0.3) is 5.56 Å². The molecule has 0 saturated carbocycles. The Hall–Kier alpha value is -4.37. The zero-order valence-electron chi connectivity index (χ0n) is 34.4. The van der Waals surface area contributed by atoms with Gasteiger partial charge in [0, 0.05) is 69.8 Å². The van der Waals surface area contributed by atoms with Gasteiger partial charge in [-0.25, -0.2) is 4.98 Å². The van der Waals surface area contributed by atoms with Crippen LogP contribution >= 0.6 is 0 Å². The Labute approximate surface area is 342 Å². The third-order valence-electron chi connectivity index (χ3n) is 11.7. The van der Waals surface area contributed by atoms with Crippen molar-refractivity contribution in [2.24, 2.45) is 0 Å². The molecule has 7 rings (SSSR count). The summed E-state index contributed by atoms with van der Waals surface area (Å²) in [5.41, 5.74) is 3.31. The number of benzene rings is 3. The average molecular weight is 797 g/mol. The fraction of sp³-hybridized carbons (Fsp3) is 0.533. The van der Waals surface area contributed by atoms with Crippen molar-refractivity contribution in [2.45, 2.75) is 77.1 Å². The van der Waals surface area contributed by atoms with E-state index in [4.69, 9.17) is 28.7 Å². The first kappa shape index (κ1) is 41.8. The lowest BCUT2D eigenvalue weighted by Crippen LogP contribution is -2.54. The topological polar surface area (TPSA) is 120 Å². The third-order valence-corrected chi connectivity index (χ3v) is 11.7. The molecule has 1 N–H and O–H groups in total. The summed E-state index contributed by atoms with van der Waals surface area (Å²) in [5, 5.41) is 4.01. The first-order chi connectivity index (χ1) is 28.4. The highest BCUT2D eigenvalue weighted by Crippen LogP contribution is 2.35. The van der Waals surface area contributed by atoms with Crippen LogP contribution in [0.5, 0.6) is 11.5 Å². The predicted octanol–water partition coefficient (Wildman–Crippen LogP) is 4.93. The van der Waals surface area contributed by atoms with E-state index in [1.807, 2.05) is 80.6 Å². The van der Waals surface area contributed by atoms with Gasteiger partial charge in [0.15, 0.2) is 0 Å². The molecular weight excluding hydrogens is 737 g/mol. The molecule has 0 spiro atoms. The van der Waals surface area contributed by atoms with Crippen LogP contribution in [0.25, 0.3) is 16.6 Å². The number of rotatable bonds is 19. The molecule has 3 saturated heterocycles. The van der Waals surface area contributed by atoms with Crippen LogP contribution in [0.2, 0.25) is 0 Å². The van der Waals surface area contributed by atoms with Crippen LogP contribution in [0.15, 0.2) is 71.5 Å². The Balaban J connectivity index is 0.780. The summed E-state index contributed by atoms with van der Waals surface area (Å²) in [6.07, 6.45) is 5.26. The van der Waals surface area contributed by atoms with Crippen LogP contribution < -0.4 is 20.3 Å². The van der Waals surface area contributed by atoms with Gasteiger partial charge in [0.05, 0.1) is 69.9 Å². The molecule has 4 aromatic rings. The number of aryl methyl sites for hydroxylation is 1. The van der Waals surface area contributed by atoms with E-state index in [1.165, 1.54) is 6.42 Å². The lowest BCUT2D eigenvalue weighted by molar-refractivity contribution is -0.157.